The normalized spacial score (nSPS) is 13.7. The number of carbonyl (C=O) groups is 3. The lowest BCUT2D eigenvalue weighted by atomic mass is 9.95. The third kappa shape index (κ3) is 5.80. The molecule has 3 aromatic carbocycles. The number of rotatable bonds is 6. The van der Waals surface area contributed by atoms with Crippen molar-refractivity contribution in [3.8, 4) is 11.1 Å². The first-order valence-electron chi connectivity index (χ1n) is 12.7. The second-order valence-electron chi connectivity index (χ2n) is 10.2. The number of hydrogen-bond acceptors (Lipinski definition) is 4. The van der Waals surface area contributed by atoms with Crippen LogP contribution < -0.4 is 10.6 Å². The molecule has 1 aliphatic heterocycles. The van der Waals surface area contributed by atoms with Crippen molar-refractivity contribution in [2.45, 2.75) is 46.5 Å². The molecule has 0 saturated carbocycles. The topological polar surface area (TPSA) is 87.7 Å². The fourth-order valence-corrected chi connectivity index (χ4v) is 4.82. The van der Waals surface area contributed by atoms with Crippen LogP contribution in [0.2, 0.25) is 0 Å². The molecule has 2 N–H and O–H groups in total. The van der Waals surface area contributed by atoms with Crippen LogP contribution in [0.5, 0.6) is 0 Å². The summed E-state index contributed by atoms with van der Waals surface area (Å²) in [5, 5.41) is 5.08. The highest BCUT2D eigenvalue weighted by Crippen LogP contribution is 2.40. The summed E-state index contributed by atoms with van der Waals surface area (Å²) in [5.41, 5.74) is 2.39. The number of fused-ring (bicyclic) bond motifs is 1. The zero-order valence-corrected chi connectivity index (χ0v) is 22.8. The molecule has 10 heteroatoms. The molecule has 7 nitrogen and oxygen atoms in total. The van der Waals surface area contributed by atoms with Crippen LogP contribution in [-0.2, 0) is 22.3 Å². The van der Waals surface area contributed by atoms with Gasteiger partial charge in [-0.3, -0.25) is 4.79 Å². The molecule has 0 spiro atoms. The number of esters is 1. The van der Waals surface area contributed by atoms with Crippen LogP contribution in [0, 0.1) is 19.8 Å². The van der Waals surface area contributed by atoms with E-state index in [0.717, 1.165) is 17.2 Å². The molecule has 1 heterocycles. The molecule has 1 aliphatic rings. The zero-order valence-electron chi connectivity index (χ0n) is 22.8. The van der Waals surface area contributed by atoms with E-state index in [4.69, 9.17) is 4.74 Å². The summed E-state index contributed by atoms with van der Waals surface area (Å²) in [6.45, 7) is 7.54. The molecule has 0 aromatic heterocycles. The van der Waals surface area contributed by atoms with E-state index in [1.165, 1.54) is 36.3 Å². The van der Waals surface area contributed by atoms with E-state index in [0.29, 0.717) is 11.3 Å². The van der Waals surface area contributed by atoms with Crippen molar-refractivity contribution < 1.29 is 32.3 Å². The molecule has 40 heavy (non-hydrogen) atoms. The predicted octanol–water partition coefficient (Wildman–Crippen LogP) is 6.79. The van der Waals surface area contributed by atoms with Crippen molar-refractivity contribution in [1.82, 2.24) is 4.90 Å². The Labute approximate surface area is 230 Å². The van der Waals surface area contributed by atoms with Gasteiger partial charge in [-0.2, -0.15) is 13.2 Å². The number of halogens is 3. The Morgan fingerprint density at radius 3 is 2.15 bits per heavy atom. The Morgan fingerprint density at radius 2 is 1.55 bits per heavy atom. The molecule has 0 radical (unpaired) electrons. The van der Waals surface area contributed by atoms with Crippen molar-refractivity contribution >= 4 is 29.3 Å². The van der Waals surface area contributed by atoms with E-state index in [1.807, 2.05) is 19.9 Å². The van der Waals surface area contributed by atoms with Gasteiger partial charge in [0.25, 0.3) is 5.91 Å². The molecule has 0 aliphatic carbocycles. The van der Waals surface area contributed by atoms with Gasteiger partial charge in [-0.1, -0.05) is 38.1 Å². The number of amides is 3. The van der Waals surface area contributed by atoms with Crippen LogP contribution in [0.15, 0.2) is 54.6 Å². The number of carbonyl (C=O) groups excluding carboxylic acids is 3. The first-order valence-corrected chi connectivity index (χ1v) is 12.7. The number of nitrogens with one attached hydrogen (secondary N) is 2. The molecule has 3 aromatic rings. The molecule has 0 saturated heterocycles. The quantitative estimate of drug-likeness (QED) is 0.329. The molecule has 1 atom stereocenters. The average Bonchev–Trinajstić information content (AvgIpc) is 3.20. The van der Waals surface area contributed by atoms with E-state index in [2.05, 4.69) is 10.6 Å². The Hall–Kier alpha value is -4.34. The van der Waals surface area contributed by atoms with Crippen LogP contribution in [0.3, 0.4) is 0 Å². The highest BCUT2D eigenvalue weighted by molar-refractivity contribution is 6.02. The van der Waals surface area contributed by atoms with Gasteiger partial charge in [-0.15, -0.1) is 0 Å². The molecule has 0 bridgehead atoms. The Bertz CT molecular complexity index is 1480. The van der Waals surface area contributed by atoms with Crippen molar-refractivity contribution in [3.05, 3.63) is 82.4 Å². The highest BCUT2D eigenvalue weighted by atomic mass is 19.4. The minimum Gasteiger partial charge on any atom is -0.467 e. The smallest absolute Gasteiger partial charge is 0.417 e. The predicted molar refractivity (Wildman–Crippen MR) is 146 cm³/mol. The second kappa shape index (κ2) is 11.0. The van der Waals surface area contributed by atoms with Crippen molar-refractivity contribution in [2.75, 3.05) is 17.7 Å². The van der Waals surface area contributed by atoms with Crippen LogP contribution >= 0.6 is 0 Å². The second-order valence-corrected chi connectivity index (χ2v) is 10.2. The summed E-state index contributed by atoms with van der Waals surface area (Å²) >= 11 is 0. The maximum atomic E-state index is 14.2. The number of anilines is 2. The van der Waals surface area contributed by atoms with Crippen LogP contribution in [-0.4, -0.2) is 36.0 Å². The third-order valence-corrected chi connectivity index (χ3v) is 7.01. The van der Waals surface area contributed by atoms with Crippen molar-refractivity contribution in [2.24, 2.45) is 5.92 Å². The van der Waals surface area contributed by atoms with Crippen LogP contribution in [0.25, 0.3) is 11.1 Å². The fraction of sp³-hybridized carbons (Fsp3) is 0.300. The molecule has 4 rings (SSSR count). The van der Waals surface area contributed by atoms with Crippen LogP contribution in [0.4, 0.5) is 29.3 Å². The summed E-state index contributed by atoms with van der Waals surface area (Å²) in [5.74, 6) is -1.23. The van der Waals surface area contributed by atoms with Gasteiger partial charge in [0.2, 0.25) is 0 Å². The van der Waals surface area contributed by atoms with E-state index >= 15 is 0 Å². The Balaban J connectivity index is 1.62. The lowest BCUT2D eigenvalue weighted by molar-refractivity contribution is -0.147. The first-order chi connectivity index (χ1) is 18.8. The van der Waals surface area contributed by atoms with Gasteiger partial charge < -0.3 is 20.3 Å². The standard InChI is InChI=1S/C30H30F3N3O4/c1-16(2)26(28(38)40-5)36-15-20-8-7-19(13-24(20)27(36)37)23-11-10-22(14-25(23)30(31,32)33)35-29(39)34-21-9-6-17(3)18(4)12-21/h6-14,16,26H,15H2,1-5H3,(H2,34,35,39). The molecule has 0 fully saturated rings. The molecule has 1 unspecified atom stereocenters. The number of alkyl halides is 3. The molecular weight excluding hydrogens is 523 g/mol. The van der Waals surface area contributed by atoms with Gasteiger partial charge in [-0.25, -0.2) is 9.59 Å². The van der Waals surface area contributed by atoms with Crippen molar-refractivity contribution in [3.63, 3.8) is 0 Å². The summed E-state index contributed by atoms with van der Waals surface area (Å²) < 4.78 is 47.4. The monoisotopic (exact) mass is 553 g/mol. The number of aryl methyl sites for hydroxylation is 2. The van der Waals surface area contributed by atoms with Gasteiger partial charge in [-0.05, 0) is 77.9 Å². The number of hydrogen-bond donors (Lipinski definition) is 2. The van der Waals surface area contributed by atoms with E-state index in [9.17, 15) is 27.6 Å². The molecular formula is C30H30F3N3O4. The zero-order chi connectivity index (χ0) is 29.4. The number of benzene rings is 3. The van der Waals surface area contributed by atoms with E-state index in [1.54, 1.807) is 32.0 Å². The maximum Gasteiger partial charge on any atom is 0.417 e. The summed E-state index contributed by atoms with van der Waals surface area (Å²) in [4.78, 5) is 39.4. The fourth-order valence-electron chi connectivity index (χ4n) is 4.82. The van der Waals surface area contributed by atoms with E-state index < -0.39 is 35.7 Å². The minimum absolute atomic E-state index is 0.0429. The van der Waals surface area contributed by atoms with Gasteiger partial charge in [0.1, 0.15) is 6.04 Å². The van der Waals surface area contributed by atoms with E-state index in [-0.39, 0.29) is 34.8 Å². The number of ether oxygens (including phenoxy) is 1. The number of nitrogens with zero attached hydrogens (tertiary/aromatic N) is 1. The summed E-state index contributed by atoms with van der Waals surface area (Å²) in [6, 6.07) is 11.8. The summed E-state index contributed by atoms with van der Waals surface area (Å²) in [6.07, 6.45) is -4.74. The lowest BCUT2D eigenvalue weighted by Crippen LogP contribution is -2.45. The SMILES string of the molecule is COC(=O)C(C(C)C)N1Cc2ccc(-c3ccc(NC(=O)Nc4ccc(C)c(C)c4)cc3C(F)(F)F)cc2C1=O. The van der Waals surface area contributed by atoms with Gasteiger partial charge in [0.05, 0.1) is 12.7 Å². The molecule has 210 valence electrons. The molecule has 3 amide bonds. The third-order valence-electron chi connectivity index (χ3n) is 7.01. The van der Waals surface area contributed by atoms with Crippen LogP contribution in [0.1, 0.15) is 46.5 Å². The van der Waals surface area contributed by atoms with Crippen molar-refractivity contribution in [1.29, 1.82) is 0 Å². The maximum absolute atomic E-state index is 14.2. The minimum atomic E-state index is -4.74. The Kier molecular flexibility index (Phi) is 7.91. The van der Waals surface area contributed by atoms with Gasteiger partial charge >= 0.3 is 18.2 Å². The first kappa shape index (κ1) is 28.7. The largest absolute Gasteiger partial charge is 0.467 e. The highest BCUT2D eigenvalue weighted by Gasteiger charge is 2.39. The van der Waals surface area contributed by atoms with Gasteiger partial charge in [0, 0.05) is 23.5 Å². The average molecular weight is 554 g/mol. The van der Waals surface area contributed by atoms with Gasteiger partial charge in [0.15, 0.2) is 0 Å². The Morgan fingerprint density at radius 1 is 0.900 bits per heavy atom. The number of urea groups is 1. The lowest BCUT2D eigenvalue weighted by Gasteiger charge is -2.28. The summed E-state index contributed by atoms with van der Waals surface area (Å²) in [7, 11) is 1.24. The number of methoxy groups -OCH3 is 1.